The summed E-state index contributed by atoms with van der Waals surface area (Å²) >= 11 is 6.06. The Morgan fingerprint density at radius 2 is 1.88 bits per heavy atom. The van der Waals surface area contributed by atoms with E-state index in [9.17, 15) is 10.1 Å². The van der Waals surface area contributed by atoms with Crippen LogP contribution in [0.25, 0.3) is 10.9 Å². The highest BCUT2D eigenvalue weighted by Crippen LogP contribution is 2.24. The number of hydrogen-bond acceptors (Lipinski definition) is 4. The molecular weight excluding hydrogens is 348 g/mol. The summed E-state index contributed by atoms with van der Waals surface area (Å²) in [6.07, 6.45) is 3.07. The summed E-state index contributed by atoms with van der Waals surface area (Å²) in [5.74, 6) is -0.515. The molecule has 0 atom stereocenters. The zero-order valence-corrected chi connectivity index (χ0v) is 14.7. The summed E-state index contributed by atoms with van der Waals surface area (Å²) in [5.41, 5.74) is 2.72. The molecule has 1 amide bonds. The van der Waals surface area contributed by atoms with E-state index in [-0.39, 0.29) is 5.57 Å². The summed E-state index contributed by atoms with van der Waals surface area (Å²) < 4.78 is 0. The molecule has 0 radical (unpaired) electrons. The van der Waals surface area contributed by atoms with Crippen LogP contribution in [0.5, 0.6) is 0 Å². The van der Waals surface area contributed by atoms with Crippen LogP contribution in [0.2, 0.25) is 5.02 Å². The Labute approximate surface area is 155 Å². The number of carbonyl (C=O) groups excluding carboxylic acids is 1. The topological polar surface area (TPSA) is 77.8 Å². The lowest BCUT2D eigenvalue weighted by Crippen LogP contribution is -2.15. The molecule has 2 aromatic carbocycles. The number of pyridine rings is 1. The van der Waals surface area contributed by atoms with Crippen LogP contribution in [-0.2, 0) is 4.79 Å². The number of nitrogens with zero attached hydrogens (tertiary/aromatic N) is 2. The molecule has 0 aliphatic rings. The lowest BCUT2D eigenvalue weighted by Gasteiger charge is -2.09. The number of amides is 1. The number of benzene rings is 2. The standard InChI is InChI=1S/C20H15ClN4O/c1-13-16(21)7-3-8-17(13)25-20(26)15(11-22)12-24-18-9-2-5-14-6-4-10-23-19(14)18/h2-10,12,24H,1H3,(H,25,26)/b15-12-. The average molecular weight is 363 g/mol. The van der Waals surface area contributed by atoms with Gasteiger partial charge in [0.2, 0.25) is 0 Å². The predicted octanol–water partition coefficient (Wildman–Crippen LogP) is 4.65. The molecule has 0 bridgehead atoms. The van der Waals surface area contributed by atoms with Gasteiger partial charge in [-0.25, -0.2) is 0 Å². The molecule has 0 aliphatic heterocycles. The number of rotatable bonds is 4. The third kappa shape index (κ3) is 3.66. The Morgan fingerprint density at radius 3 is 2.69 bits per heavy atom. The maximum atomic E-state index is 12.4. The predicted molar refractivity (Wildman–Crippen MR) is 104 cm³/mol. The first-order valence-corrected chi connectivity index (χ1v) is 8.25. The lowest BCUT2D eigenvalue weighted by atomic mass is 10.2. The maximum absolute atomic E-state index is 12.4. The molecule has 0 saturated carbocycles. The van der Waals surface area contributed by atoms with Crippen LogP contribution in [0.3, 0.4) is 0 Å². The Kier molecular flexibility index (Phi) is 5.16. The minimum absolute atomic E-state index is 0.0580. The van der Waals surface area contributed by atoms with Crippen LogP contribution < -0.4 is 10.6 Å². The number of carbonyl (C=O) groups is 1. The Morgan fingerprint density at radius 1 is 1.15 bits per heavy atom. The van der Waals surface area contributed by atoms with E-state index in [1.807, 2.05) is 36.4 Å². The fourth-order valence-corrected chi connectivity index (χ4v) is 2.63. The van der Waals surface area contributed by atoms with Gasteiger partial charge in [0.25, 0.3) is 5.91 Å². The fraction of sp³-hybridized carbons (Fsp3) is 0.0500. The molecule has 128 valence electrons. The second-order valence-corrected chi connectivity index (χ2v) is 5.97. The minimum atomic E-state index is -0.515. The van der Waals surface area contributed by atoms with Crippen LogP contribution in [-0.4, -0.2) is 10.9 Å². The van der Waals surface area contributed by atoms with Crippen molar-refractivity contribution in [3.63, 3.8) is 0 Å². The lowest BCUT2D eigenvalue weighted by molar-refractivity contribution is -0.112. The molecular formula is C20H15ClN4O. The molecule has 2 N–H and O–H groups in total. The van der Waals surface area contributed by atoms with E-state index in [1.54, 1.807) is 31.3 Å². The summed E-state index contributed by atoms with van der Waals surface area (Å²) in [7, 11) is 0. The van der Waals surface area contributed by atoms with Crippen LogP contribution in [0.1, 0.15) is 5.56 Å². The highest BCUT2D eigenvalue weighted by molar-refractivity contribution is 6.31. The minimum Gasteiger partial charge on any atom is -0.358 e. The molecule has 1 aromatic heterocycles. The first-order chi connectivity index (χ1) is 12.6. The number of hydrogen-bond donors (Lipinski definition) is 2. The van der Waals surface area contributed by atoms with Gasteiger partial charge in [0.15, 0.2) is 0 Å². The number of aromatic nitrogens is 1. The van der Waals surface area contributed by atoms with E-state index >= 15 is 0 Å². The third-order valence-corrected chi connectivity index (χ3v) is 4.30. The van der Waals surface area contributed by atoms with Crippen LogP contribution in [0.15, 0.2) is 66.5 Å². The SMILES string of the molecule is Cc1c(Cl)cccc1NC(=O)/C(C#N)=C\Nc1cccc2cccnc12. The second kappa shape index (κ2) is 7.68. The zero-order chi connectivity index (χ0) is 18.5. The van der Waals surface area contributed by atoms with E-state index in [4.69, 9.17) is 11.6 Å². The maximum Gasteiger partial charge on any atom is 0.267 e. The molecule has 3 rings (SSSR count). The van der Waals surface area contributed by atoms with Crippen molar-refractivity contribution in [1.82, 2.24) is 4.98 Å². The van der Waals surface area contributed by atoms with Gasteiger partial charge in [-0.15, -0.1) is 0 Å². The number of anilines is 2. The quantitative estimate of drug-likeness (QED) is 0.523. The summed E-state index contributed by atoms with van der Waals surface area (Å²) in [6, 6.07) is 16.6. The van der Waals surface area contributed by atoms with Gasteiger partial charge in [-0.05, 0) is 36.8 Å². The van der Waals surface area contributed by atoms with Gasteiger partial charge in [-0.3, -0.25) is 9.78 Å². The number of fused-ring (bicyclic) bond motifs is 1. The van der Waals surface area contributed by atoms with Gasteiger partial charge in [-0.1, -0.05) is 35.9 Å². The van der Waals surface area contributed by atoms with Gasteiger partial charge in [0.05, 0.1) is 11.2 Å². The average Bonchev–Trinajstić information content (AvgIpc) is 2.66. The van der Waals surface area contributed by atoms with E-state index in [0.717, 1.165) is 16.5 Å². The number of nitriles is 1. The largest absolute Gasteiger partial charge is 0.358 e. The van der Waals surface area contributed by atoms with Crippen molar-refractivity contribution in [1.29, 1.82) is 5.26 Å². The number of halogens is 1. The van der Waals surface area contributed by atoms with Crippen LogP contribution in [0, 0.1) is 18.3 Å². The molecule has 0 aliphatic carbocycles. The van der Waals surface area contributed by atoms with E-state index < -0.39 is 5.91 Å². The summed E-state index contributed by atoms with van der Waals surface area (Å²) in [6.45, 7) is 1.80. The second-order valence-electron chi connectivity index (χ2n) is 5.56. The van der Waals surface area contributed by atoms with Crippen molar-refractivity contribution in [2.24, 2.45) is 0 Å². The highest BCUT2D eigenvalue weighted by Gasteiger charge is 2.12. The molecule has 0 spiro atoms. The Balaban J connectivity index is 1.83. The summed E-state index contributed by atoms with van der Waals surface area (Å²) in [4.78, 5) is 16.7. The van der Waals surface area contributed by atoms with Crippen molar-refractivity contribution in [2.75, 3.05) is 10.6 Å². The van der Waals surface area contributed by atoms with Crippen molar-refractivity contribution in [2.45, 2.75) is 6.92 Å². The molecule has 0 unspecified atom stereocenters. The number of para-hydroxylation sites is 1. The van der Waals surface area contributed by atoms with E-state index in [0.29, 0.717) is 16.4 Å². The van der Waals surface area contributed by atoms with Crippen molar-refractivity contribution in [3.8, 4) is 6.07 Å². The highest BCUT2D eigenvalue weighted by atomic mass is 35.5. The first kappa shape index (κ1) is 17.5. The zero-order valence-electron chi connectivity index (χ0n) is 14.0. The van der Waals surface area contributed by atoms with Gasteiger partial charge >= 0.3 is 0 Å². The Hall–Kier alpha value is -3.36. The molecule has 6 heteroatoms. The monoisotopic (exact) mass is 362 g/mol. The van der Waals surface area contributed by atoms with Crippen molar-refractivity contribution >= 4 is 39.8 Å². The molecule has 0 fully saturated rings. The van der Waals surface area contributed by atoms with Crippen LogP contribution >= 0.6 is 11.6 Å². The molecule has 3 aromatic rings. The van der Waals surface area contributed by atoms with Gasteiger partial charge in [-0.2, -0.15) is 5.26 Å². The van der Waals surface area contributed by atoms with E-state index in [2.05, 4.69) is 15.6 Å². The van der Waals surface area contributed by atoms with Crippen molar-refractivity contribution in [3.05, 3.63) is 77.1 Å². The van der Waals surface area contributed by atoms with Crippen molar-refractivity contribution < 1.29 is 4.79 Å². The number of nitrogens with one attached hydrogen (secondary N) is 2. The molecule has 26 heavy (non-hydrogen) atoms. The normalized spacial score (nSPS) is 11.0. The van der Waals surface area contributed by atoms with Gasteiger partial charge < -0.3 is 10.6 Å². The Bertz CT molecular complexity index is 1050. The molecule has 1 heterocycles. The van der Waals surface area contributed by atoms with E-state index in [1.165, 1.54) is 6.20 Å². The van der Waals surface area contributed by atoms with Gasteiger partial charge in [0.1, 0.15) is 11.6 Å². The van der Waals surface area contributed by atoms with Gasteiger partial charge in [0, 0.05) is 28.5 Å². The molecule has 0 saturated heterocycles. The smallest absolute Gasteiger partial charge is 0.267 e. The first-order valence-electron chi connectivity index (χ1n) is 7.87. The van der Waals surface area contributed by atoms with Crippen LogP contribution in [0.4, 0.5) is 11.4 Å². The fourth-order valence-electron chi connectivity index (χ4n) is 2.45. The molecule has 5 nitrogen and oxygen atoms in total. The summed E-state index contributed by atoms with van der Waals surface area (Å²) in [5, 5.41) is 16.5. The third-order valence-electron chi connectivity index (χ3n) is 3.89.